The Kier molecular flexibility index (Phi) is 10.8. The van der Waals surface area contributed by atoms with Crippen LogP contribution in [0.5, 0.6) is 0 Å². The Bertz CT molecular complexity index is 734. The SMILES string of the molecule is Br.Clc1ccc(CN=C(NC2CCCCC2)SCCCc2cnc[nH]2)cc1Cl. The molecule has 154 valence electrons. The monoisotopic (exact) mass is 504 g/mol. The first-order chi connectivity index (χ1) is 13.2. The number of nitrogens with one attached hydrogen (secondary N) is 2. The number of hydrogen-bond donors (Lipinski definition) is 2. The van der Waals surface area contributed by atoms with Gasteiger partial charge in [0, 0.05) is 23.7 Å². The van der Waals surface area contributed by atoms with E-state index in [1.165, 1.54) is 37.8 Å². The molecule has 0 radical (unpaired) electrons. The number of imidazole rings is 1. The minimum absolute atomic E-state index is 0. The van der Waals surface area contributed by atoms with Crippen molar-refractivity contribution in [3.8, 4) is 0 Å². The zero-order valence-electron chi connectivity index (χ0n) is 15.8. The summed E-state index contributed by atoms with van der Waals surface area (Å²) in [5.74, 6) is 1.03. The third-order valence-corrected chi connectivity index (χ3v) is 6.46. The van der Waals surface area contributed by atoms with Crippen LogP contribution < -0.4 is 5.32 Å². The fourth-order valence-electron chi connectivity index (χ4n) is 3.21. The fraction of sp³-hybridized carbons (Fsp3) is 0.500. The number of H-pyrrole nitrogens is 1. The van der Waals surface area contributed by atoms with E-state index in [9.17, 15) is 0 Å². The van der Waals surface area contributed by atoms with Gasteiger partial charge in [-0.1, -0.05) is 60.3 Å². The molecule has 0 atom stereocenters. The number of nitrogens with zero attached hydrogens (tertiary/aromatic N) is 2. The second-order valence-electron chi connectivity index (χ2n) is 6.88. The number of aliphatic imine (C=N–C) groups is 1. The van der Waals surface area contributed by atoms with Crippen molar-refractivity contribution < 1.29 is 0 Å². The number of aryl methyl sites for hydroxylation is 1. The quantitative estimate of drug-likeness (QED) is 0.258. The van der Waals surface area contributed by atoms with Crippen LogP contribution >= 0.6 is 51.9 Å². The summed E-state index contributed by atoms with van der Waals surface area (Å²) in [5.41, 5.74) is 2.26. The zero-order chi connectivity index (χ0) is 18.9. The molecule has 1 saturated carbocycles. The van der Waals surface area contributed by atoms with Crippen molar-refractivity contribution in [3.05, 3.63) is 52.0 Å². The second kappa shape index (κ2) is 12.8. The smallest absolute Gasteiger partial charge is 0.157 e. The highest BCUT2D eigenvalue weighted by atomic mass is 79.9. The van der Waals surface area contributed by atoms with Crippen molar-refractivity contribution in [1.82, 2.24) is 15.3 Å². The maximum absolute atomic E-state index is 6.13. The molecule has 8 heteroatoms. The lowest BCUT2D eigenvalue weighted by Gasteiger charge is -2.24. The number of hydrogen-bond acceptors (Lipinski definition) is 3. The Hall–Kier alpha value is -0.690. The summed E-state index contributed by atoms with van der Waals surface area (Å²) in [4.78, 5) is 12.1. The Balaban J connectivity index is 0.00000280. The van der Waals surface area contributed by atoms with E-state index in [2.05, 4.69) is 15.3 Å². The van der Waals surface area contributed by atoms with Crippen LogP contribution in [-0.2, 0) is 13.0 Å². The lowest BCUT2D eigenvalue weighted by Crippen LogP contribution is -2.35. The standard InChI is InChI=1S/C20H26Cl2N4S.BrH/c21-18-9-8-15(11-19(18)22)12-24-20(26-16-5-2-1-3-6-16)27-10-4-7-17-13-23-14-25-17;/h8-9,11,13-14,16H,1-7,10,12H2,(H,23,25)(H,24,26);1H. The number of aromatic nitrogens is 2. The molecule has 1 aromatic carbocycles. The van der Waals surface area contributed by atoms with Gasteiger partial charge in [-0.2, -0.15) is 0 Å². The lowest BCUT2D eigenvalue weighted by molar-refractivity contribution is 0.415. The summed E-state index contributed by atoms with van der Waals surface area (Å²) < 4.78 is 0. The molecule has 3 rings (SSSR count). The fourth-order valence-corrected chi connectivity index (χ4v) is 4.42. The summed E-state index contributed by atoms with van der Waals surface area (Å²) in [6.45, 7) is 0.611. The Morgan fingerprint density at radius 1 is 1.21 bits per heavy atom. The molecule has 0 amide bonds. The molecule has 28 heavy (non-hydrogen) atoms. The van der Waals surface area contributed by atoms with E-state index in [4.69, 9.17) is 28.2 Å². The zero-order valence-corrected chi connectivity index (χ0v) is 19.8. The molecular formula is C20H27BrCl2N4S. The number of amidine groups is 1. The van der Waals surface area contributed by atoms with Crippen molar-refractivity contribution in [1.29, 1.82) is 0 Å². The molecule has 1 heterocycles. The molecule has 1 aromatic heterocycles. The molecule has 0 spiro atoms. The number of benzene rings is 1. The third-order valence-electron chi connectivity index (χ3n) is 4.71. The summed E-state index contributed by atoms with van der Waals surface area (Å²) in [6.07, 6.45) is 12.2. The molecule has 0 saturated heterocycles. The van der Waals surface area contributed by atoms with Gasteiger partial charge in [0.1, 0.15) is 0 Å². The molecule has 2 aromatic rings. The normalized spacial score (nSPS) is 15.3. The van der Waals surface area contributed by atoms with E-state index in [1.807, 2.05) is 36.2 Å². The topological polar surface area (TPSA) is 53.1 Å². The van der Waals surface area contributed by atoms with Gasteiger partial charge in [0.2, 0.25) is 0 Å². The lowest BCUT2D eigenvalue weighted by atomic mass is 9.96. The average molecular weight is 506 g/mol. The molecule has 2 N–H and O–H groups in total. The van der Waals surface area contributed by atoms with Gasteiger partial charge in [-0.15, -0.1) is 17.0 Å². The van der Waals surface area contributed by atoms with Crippen molar-refractivity contribution >= 4 is 57.1 Å². The van der Waals surface area contributed by atoms with Crippen molar-refractivity contribution in [3.63, 3.8) is 0 Å². The van der Waals surface area contributed by atoms with Crippen LogP contribution in [0.25, 0.3) is 0 Å². The van der Waals surface area contributed by atoms with Crippen LogP contribution in [-0.4, -0.2) is 26.9 Å². The van der Waals surface area contributed by atoms with E-state index in [1.54, 1.807) is 6.33 Å². The summed E-state index contributed by atoms with van der Waals surface area (Å²) in [6, 6.07) is 6.26. The predicted octanol–water partition coefficient (Wildman–Crippen LogP) is 6.44. The van der Waals surface area contributed by atoms with Crippen LogP contribution in [0.15, 0.2) is 35.7 Å². The number of rotatable bonds is 7. The highest BCUT2D eigenvalue weighted by molar-refractivity contribution is 8.93. The van der Waals surface area contributed by atoms with Crippen LogP contribution in [0.3, 0.4) is 0 Å². The highest BCUT2D eigenvalue weighted by Gasteiger charge is 2.15. The maximum atomic E-state index is 6.13. The predicted molar refractivity (Wildman–Crippen MR) is 127 cm³/mol. The van der Waals surface area contributed by atoms with E-state index < -0.39 is 0 Å². The van der Waals surface area contributed by atoms with Gasteiger partial charge in [0.05, 0.1) is 22.9 Å². The van der Waals surface area contributed by atoms with Crippen LogP contribution in [0.1, 0.15) is 49.8 Å². The van der Waals surface area contributed by atoms with E-state index in [0.717, 1.165) is 29.3 Å². The van der Waals surface area contributed by atoms with E-state index >= 15 is 0 Å². The first kappa shape index (κ1) is 23.6. The third kappa shape index (κ3) is 7.97. The molecule has 4 nitrogen and oxygen atoms in total. The molecule has 1 aliphatic rings. The van der Waals surface area contributed by atoms with E-state index in [0.29, 0.717) is 22.6 Å². The van der Waals surface area contributed by atoms with Crippen molar-refractivity contribution in [2.75, 3.05) is 5.75 Å². The highest BCUT2D eigenvalue weighted by Crippen LogP contribution is 2.23. The molecule has 0 aliphatic heterocycles. The Morgan fingerprint density at radius 2 is 2.04 bits per heavy atom. The average Bonchev–Trinajstić information content (AvgIpc) is 3.20. The van der Waals surface area contributed by atoms with Gasteiger partial charge in [0.25, 0.3) is 0 Å². The Morgan fingerprint density at radius 3 is 2.75 bits per heavy atom. The van der Waals surface area contributed by atoms with Gasteiger partial charge in [-0.3, -0.25) is 4.99 Å². The first-order valence-electron chi connectivity index (χ1n) is 9.55. The number of thioether (sulfide) groups is 1. The van der Waals surface area contributed by atoms with E-state index in [-0.39, 0.29) is 17.0 Å². The second-order valence-corrected chi connectivity index (χ2v) is 8.78. The summed E-state index contributed by atoms with van der Waals surface area (Å²) >= 11 is 13.9. The number of aromatic amines is 1. The van der Waals surface area contributed by atoms with Gasteiger partial charge >= 0.3 is 0 Å². The van der Waals surface area contributed by atoms with Crippen molar-refractivity contribution in [2.45, 2.75) is 57.5 Å². The number of halogens is 3. The maximum Gasteiger partial charge on any atom is 0.157 e. The van der Waals surface area contributed by atoms with Crippen molar-refractivity contribution in [2.24, 2.45) is 4.99 Å². The van der Waals surface area contributed by atoms with Crippen LogP contribution in [0.4, 0.5) is 0 Å². The van der Waals surface area contributed by atoms with Gasteiger partial charge < -0.3 is 10.3 Å². The van der Waals surface area contributed by atoms with Crippen LogP contribution in [0.2, 0.25) is 10.0 Å². The van der Waals surface area contributed by atoms with Crippen LogP contribution in [0, 0.1) is 0 Å². The molecular weight excluding hydrogens is 479 g/mol. The largest absolute Gasteiger partial charge is 0.362 e. The summed E-state index contributed by atoms with van der Waals surface area (Å²) in [5, 5.41) is 5.88. The molecule has 0 unspecified atom stereocenters. The molecule has 1 fully saturated rings. The van der Waals surface area contributed by atoms with Gasteiger partial charge in [-0.25, -0.2) is 4.98 Å². The first-order valence-corrected chi connectivity index (χ1v) is 11.3. The van der Waals surface area contributed by atoms with Gasteiger partial charge in [-0.05, 0) is 43.4 Å². The molecule has 0 bridgehead atoms. The summed E-state index contributed by atoms with van der Waals surface area (Å²) in [7, 11) is 0. The minimum atomic E-state index is 0. The van der Waals surface area contributed by atoms with Gasteiger partial charge in [0.15, 0.2) is 5.17 Å². The Labute approximate surface area is 192 Å². The minimum Gasteiger partial charge on any atom is -0.362 e. The molecule has 1 aliphatic carbocycles.